The molecule has 1 aromatic heterocycles. The zero-order valence-electron chi connectivity index (χ0n) is 15.9. The Morgan fingerprint density at radius 3 is 2.77 bits per heavy atom. The second kappa shape index (κ2) is 8.47. The summed E-state index contributed by atoms with van der Waals surface area (Å²) in [5.41, 5.74) is 2.07. The highest BCUT2D eigenvalue weighted by atomic mass is 16.1. The summed E-state index contributed by atoms with van der Waals surface area (Å²) in [4.78, 5) is 17.3. The van der Waals surface area contributed by atoms with Gasteiger partial charge in [-0.05, 0) is 51.7 Å². The van der Waals surface area contributed by atoms with Crippen molar-refractivity contribution in [1.29, 1.82) is 0 Å². The average molecular weight is 355 g/mol. The summed E-state index contributed by atoms with van der Waals surface area (Å²) < 4.78 is 1.84. The van der Waals surface area contributed by atoms with Gasteiger partial charge in [0.25, 0.3) is 0 Å². The number of amides is 1. The zero-order chi connectivity index (χ0) is 18.5. The first-order chi connectivity index (χ1) is 12.5. The van der Waals surface area contributed by atoms with Crippen LogP contribution in [0.25, 0.3) is 5.69 Å². The van der Waals surface area contributed by atoms with E-state index in [0.717, 1.165) is 37.2 Å². The molecule has 1 aliphatic heterocycles. The molecule has 2 atom stereocenters. The Kier molecular flexibility index (Phi) is 6.06. The van der Waals surface area contributed by atoms with Gasteiger partial charge in [-0.3, -0.25) is 4.79 Å². The van der Waals surface area contributed by atoms with Crippen molar-refractivity contribution in [2.75, 3.05) is 34.2 Å². The number of benzene rings is 1. The number of rotatable bonds is 5. The van der Waals surface area contributed by atoms with Gasteiger partial charge in [0.1, 0.15) is 0 Å². The number of hydrogen-bond donors (Lipinski definition) is 1. The Bertz CT molecular complexity index is 713. The van der Waals surface area contributed by atoms with Crippen LogP contribution in [0.3, 0.4) is 0 Å². The van der Waals surface area contributed by atoms with Crippen LogP contribution in [0.4, 0.5) is 0 Å². The maximum Gasteiger partial charge on any atom is 0.224 e. The fourth-order valence-electron chi connectivity index (χ4n) is 3.64. The Morgan fingerprint density at radius 1 is 1.23 bits per heavy atom. The highest BCUT2D eigenvalue weighted by molar-refractivity contribution is 5.79. The molecule has 140 valence electrons. The van der Waals surface area contributed by atoms with Crippen LogP contribution in [0.15, 0.2) is 42.7 Å². The largest absolute Gasteiger partial charge is 0.352 e. The predicted octanol–water partition coefficient (Wildman–Crippen LogP) is 1.76. The first-order valence-corrected chi connectivity index (χ1v) is 9.25. The van der Waals surface area contributed by atoms with Crippen molar-refractivity contribution in [2.45, 2.75) is 25.4 Å². The van der Waals surface area contributed by atoms with E-state index in [2.05, 4.69) is 41.4 Å². The fraction of sp³-hybridized carbons (Fsp3) is 0.500. The van der Waals surface area contributed by atoms with Crippen LogP contribution in [0.5, 0.6) is 0 Å². The zero-order valence-corrected chi connectivity index (χ0v) is 15.9. The summed E-state index contributed by atoms with van der Waals surface area (Å²) in [6.45, 7) is 2.35. The number of aromatic nitrogens is 2. The number of likely N-dealkylation sites (tertiary alicyclic amines) is 1. The first kappa shape index (κ1) is 18.6. The number of carbonyl (C=O) groups excluding carboxylic acids is 1. The maximum atomic E-state index is 12.8. The van der Waals surface area contributed by atoms with Crippen molar-refractivity contribution in [3.05, 3.63) is 48.3 Å². The number of carbonyl (C=O) groups is 1. The number of nitrogens with zero attached hydrogens (tertiary/aromatic N) is 4. The second-order valence-electron chi connectivity index (χ2n) is 7.41. The van der Waals surface area contributed by atoms with E-state index < -0.39 is 0 Å². The molecule has 2 aromatic rings. The molecule has 0 unspecified atom stereocenters. The third kappa shape index (κ3) is 4.51. The molecule has 1 saturated heterocycles. The van der Waals surface area contributed by atoms with E-state index in [0.29, 0.717) is 12.6 Å². The van der Waals surface area contributed by atoms with Gasteiger partial charge in [0.05, 0.1) is 11.6 Å². The van der Waals surface area contributed by atoms with Crippen LogP contribution in [0.2, 0.25) is 0 Å². The monoisotopic (exact) mass is 355 g/mol. The van der Waals surface area contributed by atoms with Crippen LogP contribution in [0.1, 0.15) is 18.4 Å². The lowest BCUT2D eigenvalue weighted by atomic mass is 10.0. The molecule has 1 fully saturated rings. The molecule has 3 rings (SSSR count). The first-order valence-electron chi connectivity index (χ1n) is 9.25. The van der Waals surface area contributed by atoms with Crippen molar-refractivity contribution < 1.29 is 4.79 Å². The van der Waals surface area contributed by atoms with E-state index >= 15 is 0 Å². The summed E-state index contributed by atoms with van der Waals surface area (Å²) in [6.07, 6.45) is 5.67. The van der Waals surface area contributed by atoms with Gasteiger partial charge in [-0.2, -0.15) is 5.10 Å². The molecular formula is C20H29N5O. The minimum absolute atomic E-state index is 0.0433. The number of nitrogens with one attached hydrogen (secondary N) is 1. The van der Waals surface area contributed by atoms with Gasteiger partial charge in [-0.25, -0.2) is 4.68 Å². The van der Waals surface area contributed by atoms with E-state index in [-0.39, 0.29) is 11.8 Å². The van der Waals surface area contributed by atoms with Crippen molar-refractivity contribution in [2.24, 2.45) is 5.92 Å². The number of para-hydroxylation sites is 1. The molecule has 6 heteroatoms. The van der Waals surface area contributed by atoms with Crippen molar-refractivity contribution in [1.82, 2.24) is 24.9 Å². The topological polar surface area (TPSA) is 53.4 Å². The lowest BCUT2D eigenvalue weighted by molar-refractivity contribution is -0.125. The van der Waals surface area contributed by atoms with Gasteiger partial charge in [0.15, 0.2) is 0 Å². The second-order valence-corrected chi connectivity index (χ2v) is 7.41. The highest BCUT2D eigenvalue weighted by Crippen LogP contribution is 2.19. The van der Waals surface area contributed by atoms with Crippen molar-refractivity contribution in [3.8, 4) is 5.69 Å². The van der Waals surface area contributed by atoms with Gasteiger partial charge in [-0.15, -0.1) is 0 Å². The van der Waals surface area contributed by atoms with E-state index in [1.165, 1.54) is 0 Å². The summed E-state index contributed by atoms with van der Waals surface area (Å²) in [7, 11) is 6.34. The molecule has 0 radical (unpaired) electrons. The van der Waals surface area contributed by atoms with Crippen LogP contribution < -0.4 is 5.32 Å². The molecule has 1 amide bonds. The minimum Gasteiger partial charge on any atom is -0.352 e. The average Bonchev–Trinajstić information content (AvgIpc) is 3.08. The predicted molar refractivity (Wildman–Crippen MR) is 103 cm³/mol. The SMILES string of the molecule is CN1C[C@H](C(=O)NCc2ccccc2-n2cccn2)CC[C@H](N(C)C)C1. The minimum atomic E-state index is 0.0433. The quantitative estimate of drug-likeness (QED) is 0.888. The third-order valence-corrected chi connectivity index (χ3v) is 5.20. The Labute approximate surface area is 155 Å². The highest BCUT2D eigenvalue weighted by Gasteiger charge is 2.27. The van der Waals surface area contributed by atoms with Crippen LogP contribution in [-0.4, -0.2) is 65.8 Å². The molecule has 1 aliphatic rings. The molecule has 0 spiro atoms. The van der Waals surface area contributed by atoms with Gasteiger partial charge in [0, 0.05) is 38.1 Å². The molecule has 26 heavy (non-hydrogen) atoms. The summed E-state index contributed by atoms with van der Waals surface area (Å²) >= 11 is 0. The van der Waals surface area contributed by atoms with Gasteiger partial charge < -0.3 is 15.1 Å². The van der Waals surface area contributed by atoms with E-state index in [4.69, 9.17) is 0 Å². The Morgan fingerprint density at radius 2 is 2.04 bits per heavy atom. The van der Waals surface area contributed by atoms with Crippen LogP contribution >= 0.6 is 0 Å². The summed E-state index contributed by atoms with van der Waals surface area (Å²) in [6, 6.07) is 10.5. The van der Waals surface area contributed by atoms with Gasteiger partial charge in [0.2, 0.25) is 5.91 Å². The molecule has 6 nitrogen and oxygen atoms in total. The van der Waals surface area contributed by atoms with Crippen LogP contribution in [0, 0.1) is 5.92 Å². The van der Waals surface area contributed by atoms with E-state index in [9.17, 15) is 4.79 Å². The third-order valence-electron chi connectivity index (χ3n) is 5.20. The Hall–Kier alpha value is -2.18. The number of hydrogen-bond acceptors (Lipinski definition) is 4. The smallest absolute Gasteiger partial charge is 0.224 e. The lowest BCUT2D eigenvalue weighted by Gasteiger charge is -2.25. The van der Waals surface area contributed by atoms with E-state index in [1.54, 1.807) is 6.20 Å². The normalized spacial score (nSPS) is 21.5. The summed E-state index contributed by atoms with van der Waals surface area (Å²) in [5, 5.41) is 7.45. The molecule has 0 aliphatic carbocycles. The van der Waals surface area contributed by atoms with Gasteiger partial charge >= 0.3 is 0 Å². The number of likely N-dealkylation sites (N-methyl/N-ethyl adjacent to an activating group) is 2. The summed E-state index contributed by atoms with van der Waals surface area (Å²) in [5.74, 6) is 0.188. The van der Waals surface area contributed by atoms with Crippen LogP contribution in [-0.2, 0) is 11.3 Å². The maximum absolute atomic E-state index is 12.8. The fourth-order valence-corrected chi connectivity index (χ4v) is 3.64. The van der Waals surface area contributed by atoms with Crippen molar-refractivity contribution in [3.63, 3.8) is 0 Å². The van der Waals surface area contributed by atoms with E-state index in [1.807, 2.05) is 41.2 Å². The molecule has 1 aromatic carbocycles. The molecule has 2 heterocycles. The Balaban J connectivity index is 1.63. The molecule has 1 N–H and O–H groups in total. The van der Waals surface area contributed by atoms with Crippen molar-refractivity contribution >= 4 is 5.91 Å². The molecule has 0 saturated carbocycles. The van der Waals surface area contributed by atoms with Gasteiger partial charge in [-0.1, -0.05) is 18.2 Å². The standard InChI is InChI=1S/C20H29N5O/c1-23(2)18-10-9-17(14-24(3)15-18)20(26)21-13-16-7-4-5-8-19(16)25-12-6-11-22-25/h4-8,11-12,17-18H,9-10,13-15H2,1-3H3,(H,21,26)/t17-,18+/m1/s1. The lowest BCUT2D eigenvalue weighted by Crippen LogP contribution is -2.39. The molecule has 0 bridgehead atoms. The molecular weight excluding hydrogens is 326 g/mol.